The first-order valence-corrected chi connectivity index (χ1v) is 13.0. The van der Waals surface area contributed by atoms with Crippen molar-refractivity contribution in [2.24, 2.45) is 0 Å². The Bertz CT molecular complexity index is 1150. The Kier molecular flexibility index (Phi) is 10.5. The minimum Gasteiger partial charge on any atom is -0.352 e. The normalized spacial score (nSPS) is 10.6. The number of hydrogen-bond donors (Lipinski definition) is 3. The molecule has 3 amide bonds. The summed E-state index contributed by atoms with van der Waals surface area (Å²) in [4.78, 5) is 35.5. The van der Waals surface area contributed by atoms with Crippen LogP contribution in [-0.4, -0.2) is 44.8 Å². The number of thioether (sulfide) groups is 1. The molecule has 1 aromatic heterocycles. The lowest BCUT2D eigenvalue weighted by molar-refractivity contribution is -0.116. The third-order valence-electron chi connectivity index (χ3n) is 5.28. The molecule has 0 aliphatic rings. The number of hydrogen-bond acceptors (Lipinski definition) is 6. The molecule has 9 nitrogen and oxygen atoms in total. The fraction of sp³-hybridized carbons (Fsp3) is 0.346. The highest BCUT2D eigenvalue weighted by Gasteiger charge is 2.12. The summed E-state index contributed by atoms with van der Waals surface area (Å²) in [6.07, 6.45) is 2.60. The predicted molar refractivity (Wildman–Crippen MR) is 142 cm³/mol. The molecule has 0 spiro atoms. The van der Waals surface area contributed by atoms with Crippen molar-refractivity contribution in [3.8, 4) is 0 Å². The molecular weight excluding hydrogens is 476 g/mol. The van der Waals surface area contributed by atoms with E-state index in [1.165, 1.54) is 6.92 Å². The van der Waals surface area contributed by atoms with E-state index in [4.69, 9.17) is 0 Å². The van der Waals surface area contributed by atoms with Gasteiger partial charge in [-0.05, 0) is 56.2 Å². The standard InChI is InChI=1S/C26H32N6O3S/c1-3-32-23(11-7-17-27-25(35)20-9-5-4-6-10-20)30-31-26(32)36-18-8-12-24(34)29-22-15-13-21(14-16-22)28-19(2)33/h4-6,9-10,13-16H,3,7-8,11-12,17-18H2,1-2H3,(H,27,35)(H,28,33)(H,29,34). The van der Waals surface area contributed by atoms with E-state index in [-0.39, 0.29) is 17.7 Å². The maximum atomic E-state index is 12.2. The van der Waals surface area contributed by atoms with Crippen molar-refractivity contribution in [3.05, 3.63) is 66.0 Å². The number of rotatable bonds is 13. The van der Waals surface area contributed by atoms with E-state index >= 15 is 0 Å². The Morgan fingerprint density at radius 2 is 1.61 bits per heavy atom. The third kappa shape index (κ3) is 8.53. The number of nitrogens with zero attached hydrogens (tertiary/aromatic N) is 3. The number of benzene rings is 2. The molecule has 10 heteroatoms. The van der Waals surface area contributed by atoms with Gasteiger partial charge in [0.05, 0.1) is 0 Å². The number of aryl methyl sites for hydroxylation is 1. The zero-order valence-electron chi connectivity index (χ0n) is 20.6. The molecule has 0 unspecified atom stereocenters. The Hall–Kier alpha value is -3.66. The molecule has 0 aliphatic heterocycles. The Balaban J connectivity index is 1.36. The SMILES string of the molecule is CCn1c(CCCNC(=O)c2ccccc2)nnc1SCCCC(=O)Nc1ccc(NC(C)=O)cc1. The Morgan fingerprint density at radius 1 is 0.917 bits per heavy atom. The fourth-order valence-electron chi connectivity index (χ4n) is 3.53. The van der Waals surface area contributed by atoms with Gasteiger partial charge in [-0.3, -0.25) is 14.4 Å². The van der Waals surface area contributed by atoms with Gasteiger partial charge in [-0.2, -0.15) is 0 Å². The summed E-state index contributed by atoms with van der Waals surface area (Å²) in [6.45, 7) is 4.83. The summed E-state index contributed by atoms with van der Waals surface area (Å²) in [5, 5.41) is 18.0. The molecule has 0 saturated heterocycles. The van der Waals surface area contributed by atoms with Gasteiger partial charge >= 0.3 is 0 Å². The van der Waals surface area contributed by atoms with Crippen LogP contribution in [0, 0.1) is 0 Å². The van der Waals surface area contributed by atoms with Crippen LogP contribution in [0.25, 0.3) is 0 Å². The molecule has 0 atom stereocenters. The maximum absolute atomic E-state index is 12.2. The minimum atomic E-state index is -0.136. The molecule has 190 valence electrons. The van der Waals surface area contributed by atoms with Crippen LogP contribution in [0.15, 0.2) is 59.8 Å². The predicted octanol–water partition coefficient (Wildman–Crippen LogP) is 4.13. The van der Waals surface area contributed by atoms with Gasteiger partial charge in [-0.15, -0.1) is 10.2 Å². The molecule has 36 heavy (non-hydrogen) atoms. The molecule has 0 radical (unpaired) electrons. The van der Waals surface area contributed by atoms with Crippen LogP contribution in [0.2, 0.25) is 0 Å². The van der Waals surface area contributed by atoms with Crippen molar-refractivity contribution in [2.45, 2.75) is 51.2 Å². The van der Waals surface area contributed by atoms with Gasteiger partial charge in [-0.25, -0.2) is 0 Å². The monoisotopic (exact) mass is 508 g/mol. The van der Waals surface area contributed by atoms with Crippen molar-refractivity contribution in [1.82, 2.24) is 20.1 Å². The lowest BCUT2D eigenvalue weighted by Crippen LogP contribution is -2.24. The molecule has 3 rings (SSSR count). The van der Waals surface area contributed by atoms with Crippen LogP contribution < -0.4 is 16.0 Å². The average Bonchev–Trinajstić information content (AvgIpc) is 3.27. The van der Waals surface area contributed by atoms with Crippen molar-refractivity contribution in [3.63, 3.8) is 0 Å². The first kappa shape index (κ1) is 26.9. The Morgan fingerprint density at radius 3 is 2.28 bits per heavy atom. The molecule has 0 fully saturated rings. The highest BCUT2D eigenvalue weighted by atomic mass is 32.2. The summed E-state index contributed by atoms with van der Waals surface area (Å²) < 4.78 is 2.08. The van der Waals surface area contributed by atoms with Crippen LogP contribution in [0.3, 0.4) is 0 Å². The largest absolute Gasteiger partial charge is 0.352 e. The molecule has 0 saturated carbocycles. The first-order chi connectivity index (χ1) is 17.5. The smallest absolute Gasteiger partial charge is 0.251 e. The highest BCUT2D eigenvalue weighted by molar-refractivity contribution is 7.99. The molecule has 3 aromatic rings. The number of amides is 3. The maximum Gasteiger partial charge on any atom is 0.251 e. The van der Waals surface area contributed by atoms with E-state index in [2.05, 4.69) is 37.6 Å². The molecule has 3 N–H and O–H groups in total. The molecule has 0 bridgehead atoms. The second-order valence-corrected chi connectivity index (χ2v) is 9.19. The number of nitrogens with one attached hydrogen (secondary N) is 3. The zero-order valence-corrected chi connectivity index (χ0v) is 21.4. The molecule has 1 heterocycles. The van der Waals surface area contributed by atoms with Gasteiger partial charge in [0.25, 0.3) is 5.91 Å². The van der Waals surface area contributed by atoms with Gasteiger partial charge in [-0.1, -0.05) is 30.0 Å². The van der Waals surface area contributed by atoms with Crippen LogP contribution in [-0.2, 0) is 22.6 Å². The summed E-state index contributed by atoms with van der Waals surface area (Å²) in [6, 6.07) is 16.2. The van der Waals surface area contributed by atoms with Crippen LogP contribution in [0.1, 0.15) is 49.3 Å². The number of carbonyl (C=O) groups is 3. The molecule has 2 aromatic carbocycles. The summed E-state index contributed by atoms with van der Waals surface area (Å²) in [7, 11) is 0. The van der Waals surface area contributed by atoms with E-state index in [1.54, 1.807) is 48.2 Å². The van der Waals surface area contributed by atoms with Crippen LogP contribution >= 0.6 is 11.8 Å². The molecular formula is C26H32N6O3S. The summed E-state index contributed by atoms with van der Waals surface area (Å²) in [5.74, 6) is 1.38. The van der Waals surface area contributed by atoms with E-state index in [0.29, 0.717) is 36.3 Å². The number of anilines is 2. The van der Waals surface area contributed by atoms with Gasteiger partial charge < -0.3 is 20.5 Å². The first-order valence-electron chi connectivity index (χ1n) is 12.0. The van der Waals surface area contributed by atoms with Crippen molar-refractivity contribution in [1.29, 1.82) is 0 Å². The zero-order chi connectivity index (χ0) is 25.8. The van der Waals surface area contributed by atoms with Crippen molar-refractivity contribution < 1.29 is 14.4 Å². The topological polar surface area (TPSA) is 118 Å². The average molecular weight is 509 g/mol. The Labute approximate surface area is 215 Å². The minimum absolute atomic E-state index is 0.0573. The highest BCUT2D eigenvalue weighted by Crippen LogP contribution is 2.20. The fourth-order valence-corrected chi connectivity index (χ4v) is 4.49. The second-order valence-electron chi connectivity index (χ2n) is 8.13. The van der Waals surface area contributed by atoms with Gasteiger partial charge in [0, 0.05) is 55.5 Å². The van der Waals surface area contributed by atoms with E-state index in [0.717, 1.165) is 36.1 Å². The van der Waals surface area contributed by atoms with E-state index in [1.807, 2.05) is 18.2 Å². The van der Waals surface area contributed by atoms with Gasteiger partial charge in [0.1, 0.15) is 5.82 Å². The third-order valence-corrected chi connectivity index (χ3v) is 6.33. The summed E-state index contributed by atoms with van der Waals surface area (Å²) in [5.41, 5.74) is 2.03. The van der Waals surface area contributed by atoms with Crippen molar-refractivity contribution >= 4 is 40.9 Å². The van der Waals surface area contributed by atoms with E-state index < -0.39 is 0 Å². The molecule has 0 aliphatic carbocycles. The van der Waals surface area contributed by atoms with Crippen LogP contribution in [0.4, 0.5) is 11.4 Å². The lowest BCUT2D eigenvalue weighted by Gasteiger charge is -2.09. The number of carbonyl (C=O) groups excluding carboxylic acids is 3. The second kappa shape index (κ2) is 14.0. The summed E-state index contributed by atoms with van der Waals surface area (Å²) >= 11 is 1.59. The van der Waals surface area contributed by atoms with Gasteiger partial charge in [0.15, 0.2) is 5.16 Å². The van der Waals surface area contributed by atoms with Crippen LogP contribution in [0.5, 0.6) is 0 Å². The lowest BCUT2D eigenvalue weighted by atomic mass is 10.2. The number of aromatic nitrogens is 3. The quantitative estimate of drug-likeness (QED) is 0.236. The van der Waals surface area contributed by atoms with E-state index in [9.17, 15) is 14.4 Å². The van der Waals surface area contributed by atoms with Crippen molar-refractivity contribution in [2.75, 3.05) is 22.9 Å². The van der Waals surface area contributed by atoms with Gasteiger partial charge in [0.2, 0.25) is 11.8 Å².